The lowest BCUT2D eigenvalue weighted by molar-refractivity contribution is -0.150. The third-order valence-corrected chi connectivity index (χ3v) is 3.41. The van der Waals surface area contributed by atoms with Crippen LogP contribution in [0.1, 0.15) is 78.1 Å². The Hall–Kier alpha value is -1.16. The summed E-state index contributed by atoms with van der Waals surface area (Å²) in [5.74, 6) is -1.09. The number of esters is 2. The first-order valence-corrected chi connectivity index (χ1v) is 8.26. The molecule has 2 N–H and O–H groups in total. The van der Waals surface area contributed by atoms with E-state index in [4.69, 9.17) is 5.73 Å². The Morgan fingerprint density at radius 2 is 1.38 bits per heavy atom. The van der Waals surface area contributed by atoms with E-state index in [0.29, 0.717) is 5.57 Å². The zero-order valence-electron chi connectivity index (χ0n) is 13.7. The molecule has 0 fully saturated rings. The Morgan fingerprint density at radius 3 is 1.67 bits per heavy atom. The minimum absolute atomic E-state index is 0.370. The number of hydrogen-bond acceptors (Lipinski definition) is 4. The largest absolute Gasteiger partial charge is 0.386 e. The van der Waals surface area contributed by atoms with Gasteiger partial charge in [0.05, 0.1) is 0 Å². The van der Waals surface area contributed by atoms with Gasteiger partial charge in [-0.25, -0.2) is 9.59 Å². The molecular weight excluding hydrogens is 266 g/mol. The molecule has 1 aliphatic rings. The number of unbranched alkanes of at least 4 members (excludes halogenated alkanes) is 9. The fourth-order valence-electron chi connectivity index (χ4n) is 2.07. The van der Waals surface area contributed by atoms with Crippen LogP contribution in [0.5, 0.6) is 0 Å². The van der Waals surface area contributed by atoms with Crippen LogP contribution >= 0.6 is 0 Å². The van der Waals surface area contributed by atoms with Crippen LogP contribution in [0.3, 0.4) is 0 Å². The highest BCUT2D eigenvalue weighted by atomic mass is 16.6. The fraction of sp³-hybridized carbons (Fsp3) is 0.765. The smallest absolute Gasteiger partial charge is 0.341 e. The van der Waals surface area contributed by atoms with Gasteiger partial charge in [0.25, 0.3) is 0 Å². The van der Waals surface area contributed by atoms with Crippen LogP contribution < -0.4 is 5.73 Å². The lowest BCUT2D eigenvalue weighted by atomic mass is 10.1. The topological polar surface area (TPSA) is 69.4 Å². The van der Waals surface area contributed by atoms with Gasteiger partial charge in [-0.3, -0.25) is 0 Å². The summed E-state index contributed by atoms with van der Waals surface area (Å²) in [5.41, 5.74) is 5.79. The third-order valence-electron chi connectivity index (χ3n) is 3.41. The summed E-state index contributed by atoms with van der Waals surface area (Å²) >= 11 is 0. The first-order chi connectivity index (χ1) is 10.1. The highest BCUT2D eigenvalue weighted by molar-refractivity contribution is 6.08. The van der Waals surface area contributed by atoms with Gasteiger partial charge in [0.2, 0.25) is 0 Å². The fourth-order valence-corrected chi connectivity index (χ4v) is 2.07. The summed E-state index contributed by atoms with van der Waals surface area (Å²) in [4.78, 5) is 20.4. The van der Waals surface area contributed by atoms with Crippen molar-refractivity contribution in [1.82, 2.24) is 0 Å². The van der Waals surface area contributed by atoms with E-state index in [2.05, 4.69) is 11.7 Å². The average molecular weight is 297 g/mol. The zero-order chi connectivity index (χ0) is 15.9. The van der Waals surface area contributed by atoms with Crippen LogP contribution in [-0.4, -0.2) is 18.5 Å². The molecule has 21 heavy (non-hydrogen) atoms. The van der Waals surface area contributed by atoms with Crippen molar-refractivity contribution in [3.63, 3.8) is 0 Å². The van der Waals surface area contributed by atoms with Crippen LogP contribution in [-0.2, 0) is 14.3 Å². The number of carbonyl (C=O) groups is 2. The number of carbonyl (C=O) groups excluding carboxylic acids is 2. The molecule has 4 heteroatoms. The Balaban J connectivity index is 0.000000423. The van der Waals surface area contributed by atoms with Crippen molar-refractivity contribution in [3.05, 3.63) is 11.6 Å². The Labute approximate surface area is 129 Å². The molecule has 0 aromatic carbocycles. The third kappa shape index (κ3) is 12.3. The van der Waals surface area contributed by atoms with Crippen LogP contribution in [0.15, 0.2) is 11.6 Å². The molecule has 0 aromatic rings. The maximum atomic E-state index is 10.3. The van der Waals surface area contributed by atoms with E-state index in [1.165, 1.54) is 77.2 Å². The number of nitrogens with two attached hydrogens (primary N) is 1. The Kier molecular flexibility index (Phi) is 13.0. The second-order valence-corrected chi connectivity index (χ2v) is 5.51. The molecule has 1 heterocycles. The van der Waals surface area contributed by atoms with E-state index >= 15 is 0 Å². The summed E-state index contributed by atoms with van der Waals surface area (Å²) in [6.07, 6.45) is 15.1. The second-order valence-electron chi connectivity index (χ2n) is 5.51. The average Bonchev–Trinajstić information content (AvgIpc) is 2.74. The normalized spacial score (nSPS) is 13.6. The molecule has 0 saturated heterocycles. The first-order valence-electron chi connectivity index (χ1n) is 8.26. The van der Waals surface area contributed by atoms with E-state index in [1.54, 1.807) is 0 Å². The van der Waals surface area contributed by atoms with E-state index < -0.39 is 11.9 Å². The first kappa shape index (κ1) is 19.8. The van der Waals surface area contributed by atoms with E-state index in [0.717, 1.165) is 6.54 Å². The molecule has 0 bridgehead atoms. The van der Waals surface area contributed by atoms with E-state index in [1.807, 2.05) is 0 Å². The molecule has 0 spiro atoms. The molecule has 0 aliphatic carbocycles. The Bertz CT molecular complexity index is 314. The lowest BCUT2D eigenvalue weighted by Gasteiger charge is -2.00. The van der Waals surface area contributed by atoms with Gasteiger partial charge in [0.1, 0.15) is 0 Å². The van der Waals surface area contributed by atoms with E-state index in [-0.39, 0.29) is 0 Å². The van der Waals surface area contributed by atoms with Crippen LogP contribution in [0, 0.1) is 0 Å². The minimum atomic E-state index is -0.562. The maximum absolute atomic E-state index is 10.3. The number of rotatable bonds is 10. The zero-order valence-corrected chi connectivity index (χ0v) is 13.7. The van der Waals surface area contributed by atoms with Crippen molar-refractivity contribution in [3.8, 4) is 0 Å². The Morgan fingerprint density at radius 1 is 0.905 bits per heavy atom. The summed E-state index contributed by atoms with van der Waals surface area (Å²) in [7, 11) is 0. The van der Waals surface area contributed by atoms with Crippen LogP contribution in [0.25, 0.3) is 0 Å². The van der Waals surface area contributed by atoms with Gasteiger partial charge in [-0.1, -0.05) is 64.7 Å². The monoisotopic (exact) mass is 297 g/mol. The van der Waals surface area contributed by atoms with Crippen molar-refractivity contribution in [2.45, 2.75) is 78.1 Å². The van der Waals surface area contributed by atoms with Gasteiger partial charge in [-0.2, -0.15) is 0 Å². The highest BCUT2D eigenvalue weighted by Gasteiger charge is 2.18. The van der Waals surface area contributed by atoms with Gasteiger partial charge in [0, 0.05) is 11.6 Å². The van der Waals surface area contributed by atoms with Crippen molar-refractivity contribution >= 4 is 11.9 Å². The molecule has 0 atom stereocenters. The second kappa shape index (κ2) is 13.8. The predicted octanol–water partition coefficient (Wildman–Crippen LogP) is 3.88. The molecule has 0 saturated carbocycles. The van der Waals surface area contributed by atoms with Crippen LogP contribution in [0.4, 0.5) is 0 Å². The molecule has 122 valence electrons. The highest BCUT2D eigenvalue weighted by Crippen LogP contribution is 2.09. The van der Waals surface area contributed by atoms with Crippen LogP contribution in [0.2, 0.25) is 0 Å². The van der Waals surface area contributed by atoms with Crippen molar-refractivity contribution in [2.75, 3.05) is 6.54 Å². The van der Waals surface area contributed by atoms with Gasteiger partial charge < -0.3 is 10.5 Å². The summed E-state index contributed by atoms with van der Waals surface area (Å²) in [6, 6.07) is 0. The molecule has 0 unspecified atom stereocenters. The molecular formula is C17H31NO3. The van der Waals surface area contributed by atoms with Gasteiger partial charge in [-0.05, 0) is 19.9 Å². The standard InChI is InChI=1S/C12H27N.C5H4O3/c1-2-3-4-5-6-7-8-9-10-11-12-13;1-3-2-4(6)8-5(3)7/h2-13H2,1H3;2H,1H3. The summed E-state index contributed by atoms with van der Waals surface area (Å²) in [6.45, 7) is 4.68. The SMILES string of the molecule is CC1=CC(=O)OC1=O.CCCCCCCCCCCCN. The summed E-state index contributed by atoms with van der Waals surface area (Å²) in [5, 5.41) is 0. The van der Waals surface area contributed by atoms with E-state index in [9.17, 15) is 9.59 Å². The molecule has 0 amide bonds. The lowest BCUT2D eigenvalue weighted by Crippen LogP contribution is -1.99. The van der Waals surface area contributed by atoms with Gasteiger partial charge >= 0.3 is 11.9 Å². The van der Waals surface area contributed by atoms with Crippen molar-refractivity contribution in [2.24, 2.45) is 5.73 Å². The number of cyclic esters (lactones) is 2. The molecule has 1 aliphatic heterocycles. The molecule has 1 rings (SSSR count). The number of hydrogen-bond donors (Lipinski definition) is 1. The summed E-state index contributed by atoms with van der Waals surface area (Å²) < 4.78 is 4.10. The maximum Gasteiger partial charge on any atom is 0.341 e. The molecule has 0 radical (unpaired) electrons. The van der Waals surface area contributed by atoms with Gasteiger partial charge in [0.15, 0.2) is 0 Å². The van der Waals surface area contributed by atoms with Gasteiger partial charge in [-0.15, -0.1) is 0 Å². The molecule has 4 nitrogen and oxygen atoms in total. The quantitative estimate of drug-likeness (QED) is 0.377. The molecule has 0 aromatic heterocycles. The van der Waals surface area contributed by atoms with Crippen molar-refractivity contribution < 1.29 is 14.3 Å². The predicted molar refractivity (Wildman–Crippen MR) is 85.8 cm³/mol. The van der Waals surface area contributed by atoms with Crippen molar-refractivity contribution in [1.29, 1.82) is 0 Å². The number of ether oxygens (including phenoxy) is 1. The minimum Gasteiger partial charge on any atom is -0.386 e.